The zero-order valence-corrected chi connectivity index (χ0v) is 17.4. The molecule has 31 heavy (non-hydrogen) atoms. The fraction of sp³-hybridized carbons (Fsp3) is 0.154. The molecule has 1 aromatic heterocycles. The summed E-state index contributed by atoms with van der Waals surface area (Å²) in [5, 5.41) is 17.2. The smallest absolute Gasteiger partial charge is 0.240 e. The van der Waals surface area contributed by atoms with E-state index in [1.807, 2.05) is 54.6 Å². The molecule has 1 saturated carbocycles. The molecule has 1 radical (unpaired) electrons. The van der Waals surface area contributed by atoms with Crippen LogP contribution in [0.25, 0.3) is 22.0 Å². The van der Waals surface area contributed by atoms with E-state index in [2.05, 4.69) is 22.3 Å². The molecule has 5 heteroatoms. The van der Waals surface area contributed by atoms with Crippen LogP contribution in [0.2, 0.25) is 5.02 Å². The molecule has 3 aromatic carbocycles. The highest BCUT2D eigenvalue weighted by molar-refractivity contribution is 6.30. The van der Waals surface area contributed by atoms with Gasteiger partial charge in [0, 0.05) is 5.02 Å². The number of benzene rings is 3. The van der Waals surface area contributed by atoms with Gasteiger partial charge in [0.05, 0.1) is 22.5 Å². The Hall–Kier alpha value is -3.42. The minimum atomic E-state index is -0.525. The van der Waals surface area contributed by atoms with Crippen LogP contribution < -0.4 is 0 Å². The number of nitrogens with one attached hydrogen (secondary N) is 1. The van der Waals surface area contributed by atoms with E-state index >= 15 is 0 Å². The molecule has 0 aliphatic heterocycles. The largest absolute Gasteiger partial charge is 0.275 e. The van der Waals surface area contributed by atoms with Crippen molar-refractivity contribution in [2.24, 2.45) is 5.92 Å². The molecule has 1 fully saturated rings. The van der Waals surface area contributed by atoms with Gasteiger partial charge in [-0.1, -0.05) is 54.4 Å². The van der Waals surface area contributed by atoms with Gasteiger partial charge in [0.2, 0.25) is 5.95 Å². The maximum Gasteiger partial charge on any atom is 0.240 e. The second-order valence-corrected chi connectivity index (χ2v) is 8.21. The summed E-state index contributed by atoms with van der Waals surface area (Å²) in [5.74, 6) is -0.218. The number of hydrogen-bond acceptors (Lipinski definition) is 2. The van der Waals surface area contributed by atoms with E-state index in [4.69, 9.17) is 11.6 Å². The van der Waals surface area contributed by atoms with Crippen molar-refractivity contribution in [1.82, 2.24) is 10.2 Å². The molecule has 4 aromatic rings. The first-order chi connectivity index (χ1) is 15.2. The Morgan fingerprint density at radius 2 is 2.03 bits per heavy atom. The standard InChI is InChI=1S/C26H18ClFN3/c27-20-10-11-21(19(13-20)15-29)25(17-7-4-8-17)24(16-5-2-1-3-6-16)18-9-12-23-22(14-18)26(28)31-30-23/h1-3,5,9-14,17H,4,7-8H2,(H,30,31)/b25-24+. The molecule has 0 unspecified atom stereocenters. The van der Waals surface area contributed by atoms with Gasteiger partial charge in [-0.2, -0.15) is 9.65 Å². The number of fused-ring (bicyclic) bond motifs is 1. The molecule has 1 N–H and O–H groups in total. The van der Waals surface area contributed by atoms with Crippen LogP contribution in [0, 0.1) is 29.3 Å². The Balaban J connectivity index is 1.86. The van der Waals surface area contributed by atoms with Gasteiger partial charge in [-0.25, -0.2) is 0 Å². The van der Waals surface area contributed by atoms with E-state index in [0.29, 0.717) is 27.4 Å². The Morgan fingerprint density at radius 1 is 1.16 bits per heavy atom. The lowest BCUT2D eigenvalue weighted by Gasteiger charge is -2.32. The van der Waals surface area contributed by atoms with Gasteiger partial charge < -0.3 is 0 Å². The van der Waals surface area contributed by atoms with Crippen molar-refractivity contribution < 1.29 is 4.39 Å². The zero-order valence-electron chi connectivity index (χ0n) is 16.6. The van der Waals surface area contributed by atoms with Gasteiger partial charge in [0.25, 0.3) is 0 Å². The lowest BCUT2D eigenvalue weighted by Crippen LogP contribution is -2.16. The fourth-order valence-electron chi connectivity index (χ4n) is 4.24. The van der Waals surface area contributed by atoms with Gasteiger partial charge >= 0.3 is 0 Å². The Labute approximate surface area is 184 Å². The summed E-state index contributed by atoms with van der Waals surface area (Å²) in [6.45, 7) is 0. The van der Waals surface area contributed by atoms with Crippen molar-refractivity contribution in [2.45, 2.75) is 19.3 Å². The van der Waals surface area contributed by atoms with Gasteiger partial charge in [-0.3, -0.25) is 5.10 Å². The number of aromatic amines is 1. The number of rotatable bonds is 4. The van der Waals surface area contributed by atoms with E-state index < -0.39 is 5.95 Å². The van der Waals surface area contributed by atoms with E-state index in [0.717, 1.165) is 47.1 Å². The summed E-state index contributed by atoms with van der Waals surface area (Å²) in [6, 6.07) is 24.5. The molecule has 0 atom stereocenters. The molecule has 151 valence electrons. The number of allylic oxidation sites excluding steroid dienone is 1. The molecule has 0 spiro atoms. The lowest BCUT2D eigenvalue weighted by molar-refractivity contribution is 0.401. The zero-order chi connectivity index (χ0) is 21.4. The molecule has 3 nitrogen and oxygen atoms in total. The van der Waals surface area contributed by atoms with Crippen LogP contribution in [0.4, 0.5) is 4.39 Å². The van der Waals surface area contributed by atoms with Crippen LogP contribution in [0.1, 0.15) is 41.5 Å². The molecular formula is C26H18ClFN3. The van der Waals surface area contributed by atoms with E-state index in [1.165, 1.54) is 0 Å². The monoisotopic (exact) mass is 426 g/mol. The Kier molecular flexibility index (Phi) is 5.05. The van der Waals surface area contributed by atoms with Crippen LogP contribution in [-0.2, 0) is 0 Å². The van der Waals surface area contributed by atoms with E-state index in [1.54, 1.807) is 6.07 Å². The van der Waals surface area contributed by atoms with Crippen molar-refractivity contribution in [3.63, 3.8) is 0 Å². The van der Waals surface area contributed by atoms with Crippen molar-refractivity contribution in [3.05, 3.63) is 100.0 Å². The molecule has 5 rings (SSSR count). The highest BCUT2D eigenvalue weighted by atomic mass is 35.5. The third kappa shape index (κ3) is 3.52. The Bertz CT molecular complexity index is 1340. The fourth-order valence-corrected chi connectivity index (χ4v) is 4.41. The summed E-state index contributed by atoms with van der Waals surface area (Å²) in [7, 11) is 0. The maximum absolute atomic E-state index is 14.3. The molecule has 1 heterocycles. The number of nitriles is 1. The predicted octanol–water partition coefficient (Wildman–Crippen LogP) is 6.79. The first-order valence-electron chi connectivity index (χ1n) is 10.2. The molecule has 0 saturated heterocycles. The van der Waals surface area contributed by atoms with Gasteiger partial charge in [0.1, 0.15) is 0 Å². The molecular weight excluding hydrogens is 409 g/mol. The van der Waals surface area contributed by atoms with Crippen molar-refractivity contribution >= 4 is 33.7 Å². The normalized spacial score (nSPS) is 14.7. The molecule has 0 amide bonds. The van der Waals surface area contributed by atoms with Crippen molar-refractivity contribution in [3.8, 4) is 6.07 Å². The Morgan fingerprint density at radius 3 is 2.74 bits per heavy atom. The average molecular weight is 427 g/mol. The first kappa shape index (κ1) is 19.5. The second-order valence-electron chi connectivity index (χ2n) is 7.77. The molecule has 0 bridgehead atoms. The van der Waals surface area contributed by atoms with Crippen LogP contribution in [0.5, 0.6) is 0 Å². The minimum Gasteiger partial charge on any atom is -0.275 e. The maximum atomic E-state index is 14.3. The van der Waals surface area contributed by atoms with Crippen LogP contribution in [0.3, 0.4) is 0 Å². The van der Waals surface area contributed by atoms with Gasteiger partial charge in [0.15, 0.2) is 0 Å². The topological polar surface area (TPSA) is 52.5 Å². The van der Waals surface area contributed by atoms with Crippen molar-refractivity contribution in [2.75, 3.05) is 0 Å². The number of hydrogen-bond donors (Lipinski definition) is 1. The highest BCUT2D eigenvalue weighted by Crippen LogP contribution is 2.46. The summed E-state index contributed by atoms with van der Waals surface area (Å²) >= 11 is 6.19. The number of nitrogens with zero attached hydrogens (tertiary/aromatic N) is 2. The molecule has 1 aliphatic rings. The minimum absolute atomic E-state index is 0.307. The summed E-state index contributed by atoms with van der Waals surface area (Å²) in [6.07, 6.45) is 3.23. The quantitative estimate of drug-likeness (QED) is 0.365. The predicted molar refractivity (Wildman–Crippen MR) is 121 cm³/mol. The van der Waals surface area contributed by atoms with E-state index in [-0.39, 0.29) is 0 Å². The number of H-pyrrole nitrogens is 1. The third-order valence-corrected chi connectivity index (χ3v) is 6.19. The summed E-state index contributed by atoms with van der Waals surface area (Å²) in [4.78, 5) is 0. The second kappa shape index (κ2) is 8.02. The molecule has 1 aliphatic carbocycles. The average Bonchev–Trinajstić information content (AvgIpc) is 3.13. The van der Waals surface area contributed by atoms with Gasteiger partial charge in [-0.15, -0.1) is 5.10 Å². The summed E-state index contributed by atoms with van der Waals surface area (Å²) in [5.41, 5.74) is 5.89. The SMILES string of the molecule is N#Cc1cc(Cl)ccc1/C(=C(\c1[c]cccc1)c1ccc2[nH]nc(F)c2c1)C1CCC1. The van der Waals surface area contributed by atoms with E-state index in [9.17, 15) is 9.65 Å². The lowest BCUT2D eigenvalue weighted by atomic mass is 9.72. The van der Waals surface area contributed by atoms with Gasteiger partial charge in [-0.05, 0) is 76.9 Å². The summed E-state index contributed by atoms with van der Waals surface area (Å²) < 4.78 is 14.3. The van der Waals surface area contributed by atoms with Crippen LogP contribution >= 0.6 is 11.6 Å². The van der Waals surface area contributed by atoms with Crippen molar-refractivity contribution in [1.29, 1.82) is 5.26 Å². The highest BCUT2D eigenvalue weighted by Gasteiger charge is 2.29. The number of halogens is 2. The first-order valence-corrected chi connectivity index (χ1v) is 10.6. The third-order valence-electron chi connectivity index (χ3n) is 5.96. The van der Waals surface area contributed by atoms with Crippen LogP contribution in [-0.4, -0.2) is 10.2 Å². The van der Waals surface area contributed by atoms with Crippen LogP contribution in [0.15, 0.2) is 60.7 Å². The number of aromatic nitrogens is 2.